The fourth-order valence-electron chi connectivity index (χ4n) is 2.64. The molecule has 108 valence electrons. The van der Waals surface area contributed by atoms with Gasteiger partial charge < -0.3 is 5.11 Å². The van der Waals surface area contributed by atoms with Crippen LogP contribution >= 0.6 is 0 Å². The van der Waals surface area contributed by atoms with Gasteiger partial charge in [0.05, 0.1) is 5.69 Å². The molecule has 4 nitrogen and oxygen atoms in total. The molecule has 0 amide bonds. The molecule has 2 aromatic heterocycles. The van der Waals surface area contributed by atoms with Gasteiger partial charge in [-0.1, -0.05) is 44.2 Å². The predicted molar refractivity (Wildman–Crippen MR) is 83.4 cm³/mol. The molecule has 0 atom stereocenters. The fourth-order valence-corrected chi connectivity index (χ4v) is 2.64. The summed E-state index contributed by atoms with van der Waals surface area (Å²) in [6.07, 6.45) is 2.55. The molecule has 3 aromatic rings. The highest BCUT2D eigenvalue weighted by Gasteiger charge is 2.17. The summed E-state index contributed by atoms with van der Waals surface area (Å²) < 4.78 is 1.55. The SMILES string of the molecule is Cc1nn2c(O)c(CC(C)C)cnc2c1-c1ccccc1. The van der Waals surface area contributed by atoms with Crippen molar-refractivity contribution in [2.75, 3.05) is 0 Å². The first-order valence-corrected chi connectivity index (χ1v) is 7.19. The van der Waals surface area contributed by atoms with E-state index < -0.39 is 0 Å². The largest absolute Gasteiger partial charge is 0.493 e. The highest BCUT2D eigenvalue weighted by Crippen LogP contribution is 2.30. The Morgan fingerprint density at radius 1 is 1.19 bits per heavy atom. The molecule has 1 aromatic carbocycles. The van der Waals surface area contributed by atoms with Crippen molar-refractivity contribution < 1.29 is 5.11 Å². The van der Waals surface area contributed by atoms with Gasteiger partial charge in [0.2, 0.25) is 5.88 Å². The number of benzene rings is 1. The Morgan fingerprint density at radius 2 is 1.90 bits per heavy atom. The second-order valence-corrected chi connectivity index (χ2v) is 5.77. The third-order valence-electron chi connectivity index (χ3n) is 3.56. The molecule has 0 bridgehead atoms. The minimum Gasteiger partial charge on any atom is -0.493 e. The lowest BCUT2D eigenvalue weighted by molar-refractivity contribution is 0.422. The van der Waals surface area contributed by atoms with E-state index in [0.29, 0.717) is 11.6 Å². The predicted octanol–water partition coefficient (Wildman–Crippen LogP) is 3.61. The topological polar surface area (TPSA) is 50.4 Å². The van der Waals surface area contributed by atoms with Crippen LogP contribution in [-0.2, 0) is 6.42 Å². The van der Waals surface area contributed by atoms with Gasteiger partial charge in [-0.05, 0) is 24.8 Å². The summed E-state index contributed by atoms with van der Waals surface area (Å²) in [4.78, 5) is 4.53. The van der Waals surface area contributed by atoms with Crippen LogP contribution in [0.25, 0.3) is 16.8 Å². The molecule has 0 radical (unpaired) electrons. The minimum absolute atomic E-state index is 0.194. The van der Waals surface area contributed by atoms with Gasteiger partial charge in [-0.3, -0.25) is 0 Å². The van der Waals surface area contributed by atoms with Gasteiger partial charge in [0.1, 0.15) is 0 Å². The average Bonchev–Trinajstić information content (AvgIpc) is 2.80. The van der Waals surface area contributed by atoms with Gasteiger partial charge in [0.25, 0.3) is 0 Å². The molecule has 0 aliphatic heterocycles. The third-order valence-corrected chi connectivity index (χ3v) is 3.56. The van der Waals surface area contributed by atoms with Crippen LogP contribution in [0.4, 0.5) is 0 Å². The molecule has 0 spiro atoms. The molecule has 21 heavy (non-hydrogen) atoms. The van der Waals surface area contributed by atoms with Crippen molar-refractivity contribution in [3.63, 3.8) is 0 Å². The Hall–Kier alpha value is -2.36. The first-order valence-electron chi connectivity index (χ1n) is 7.19. The van der Waals surface area contributed by atoms with Crippen LogP contribution in [0, 0.1) is 12.8 Å². The number of aryl methyl sites for hydroxylation is 1. The van der Waals surface area contributed by atoms with E-state index in [1.165, 1.54) is 0 Å². The van der Waals surface area contributed by atoms with Crippen molar-refractivity contribution in [2.24, 2.45) is 5.92 Å². The quantitative estimate of drug-likeness (QED) is 0.798. The van der Waals surface area contributed by atoms with Crippen LogP contribution in [0.5, 0.6) is 5.88 Å². The number of fused-ring (bicyclic) bond motifs is 1. The zero-order valence-electron chi connectivity index (χ0n) is 12.5. The molecule has 0 saturated heterocycles. The maximum Gasteiger partial charge on any atom is 0.218 e. The van der Waals surface area contributed by atoms with Crippen LogP contribution in [0.1, 0.15) is 25.1 Å². The molecular formula is C17H19N3O. The van der Waals surface area contributed by atoms with Crippen molar-refractivity contribution >= 4 is 5.65 Å². The first kappa shape index (κ1) is 13.6. The Bertz CT molecular complexity index is 776. The van der Waals surface area contributed by atoms with Crippen molar-refractivity contribution in [3.8, 4) is 17.0 Å². The molecule has 0 aliphatic carbocycles. The van der Waals surface area contributed by atoms with Crippen LogP contribution in [0.3, 0.4) is 0 Å². The van der Waals surface area contributed by atoms with Crippen LogP contribution in [0.2, 0.25) is 0 Å². The molecule has 3 rings (SSSR count). The van der Waals surface area contributed by atoms with Crippen molar-refractivity contribution in [3.05, 3.63) is 47.8 Å². The first-order chi connectivity index (χ1) is 10.1. The van der Waals surface area contributed by atoms with E-state index in [0.717, 1.165) is 28.8 Å². The smallest absolute Gasteiger partial charge is 0.218 e. The van der Waals surface area contributed by atoms with Gasteiger partial charge in [-0.2, -0.15) is 9.61 Å². The van der Waals surface area contributed by atoms with Gasteiger partial charge >= 0.3 is 0 Å². The second-order valence-electron chi connectivity index (χ2n) is 5.77. The molecule has 0 unspecified atom stereocenters. The standard InChI is InChI=1S/C17H19N3O/c1-11(2)9-14-10-18-16-15(13-7-5-4-6-8-13)12(3)19-20(16)17(14)21/h4-8,10-11,21H,9H2,1-3H3. The zero-order valence-corrected chi connectivity index (χ0v) is 12.5. The molecule has 0 fully saturated rings. The molecule has 1 N–H and O–H groups in total. The summed E-state index contributed by atoms with van der Waals surface area (Å²) in [5.41, 5.74) is 4.43. The maximum atomic E-state index is 10.4. The Labute approximate surface area is 124 Å². The molecular weight excluding hydrogens is 262 g/mol. The molecule has 0 aliphatic rings. The van der Waals surface area contributed by atoms with Gasteiger partial charge in [0, 0.05) is 17.3 Å². The summed E-state index contributed by atoms with van der Waals surface area (Å²) >= 11 is 0. The lowest BCUT2D eigenvalue weighted by atomic mass is 10.0. The normalized spacial score (nSPS) is 11.4. The molecule has 4 heteroatoms. The van der Waals surface area contributed by atoms with E-state index in [4.69, 9.17) is 0 Å². The number of aromatic hydroxyl groups is 1. The van der Waals surface area contributed by atoms with Gasteiger partial charge in [-0.25, -0.2) is 4.98 Å². The second kappa shape index (κ2) is 5.20. The van der Waals surface area contributed by atoms with Crippen molar-refractivity contribution in [1.29, 1.82) is 0 Å². The van der Waals surface area contributed by atoms with E-state index in [9.17, 15) is 5.11 Å². The van der Waals surface area contributed by atoms with Gasteiger partial charge in [-0.15, -0.1) is 0 Å². The fraction of sp³-hybridized carbons (Fsp3) is 0.294. The summed E-state index contributed by atoms with van der Waals surface area (Å²) in [6.45, 7) is 6.18. The molecule has 2 heterocycles. The lowest BCUT2D eigenvalue weighted by Crippen LogP contribution is -2.01. The van der Waals surface area contributed by atoms with Crippen molar-refractivity contribution in [2.45, 2.75) is 27.2 Å². The zero-order chi connectivity index (χ0) is 15.0. The van der Waals surface area contributed by atoms with Crippen LogP contribution in [-0.4, -0.2) is 19.7 Å². The number of hydrogen-bond acceptors (Lipinski definition) is 3. The van der Waals surface area contributed by atoms with Crippen LogP contribution < -0.4 is 0 Å². The highest BCUT2D eigenvalue weighted by atomic mass is 16.3. The summed E-state index contributed by atoms with van der Waals surface area (Å²) in [5.74, 6) is 0.652. The summed E-state index contributed by atoms with van der Waals surface area (Å²) in [7, 11) is 0. The summed E-state index contributed by atoms with van der Waals surface area (Å²) in [6, 6.07) is 10.0. The maximum absolute atomic E-state index is 10.4. The van der Waals surface area contributed by atoms with E-state index in [1.54, 1.807) is 10.7 Å². The van der Waals surface area contributed by atoms with Crippen LogP contribution in [0.15, 0.2) is 36.5 Å². The van der Waals surface area contributed by atoms with Gasteiger partial charge in [0.15, 0.2) is 5.65 Å². The Morgan fingerprint density at radius 3 is 2.57 bits per heavy atom. The number of nitrogens with zero attached hydrogens (tertiary/aromatic N) is 3. The molecule has 0 saturated carbocycles. The van der Waals surface area contributed by atoms with E-state index in [1.807, 2.05) is 37.3 Å². The van der Waals surface area contributed by atoms with E-state index in [2.05, 4.69) is 23.9 Å². The van der Waals surface area contributed by atoms with E-state index in [-0.39, 0.29) is 5.88 Å². The highest BCUT2D eigenvalue weighted by molar-refractivity contribution is 5.80. The minimum atomic E-state index is 0.194. The number of aromatic nitrogens is 3. The summed E-state index contributed by atoms with van der Waals surface area (Å²) in [5, 5.41) is 14.9. The number of hydrogen-bond donors (Lipinski definition) is 1. The van der Waals surface area contributed by atoms with Crippen molar-refractivity contribution in [1.82, 2.24) is 14.6 Å². The lowest BCUT2D eigenvalue weighted by Gasteiger charge is -2.08. The van der Waals surface area contributed by atoms with E-state index >= 15 is 0 Å². The Kier molecular flexibility index (Phi) is 3.37. The Balaban J connectivity index is 2.21. The average molecular weight is 281 g/mol. The third kappa shape index (κ3) is 2.37. The number of rotatable bonds is 3. The monoisotopic (exact) mass is 281 g/mol.